The quantitative estimate of drug-likeness (QED) is 0.713. The predicted molar refractivity (Wildman–Crippen MR) is 61.5 cm³/mol. The van der Waals surface area contributed by atoms with Gasteiger partial charge in [-0.1, -0.05) is 0 Å². The lowest BCUT2D eigenvalue weighted by Crippen LogP contribution is -2.22. The molecule has 0 N–H and O–H groups in total. The number of fused-ring (bicyclic) bond motifs is 1. The lowest BCUT2D eigenvalue weighted by molar-refractivity contribution is -0.143. The van der Waals surface area contributed by atoms with Crippen LogP contribution in [0.4, 0.5) is 13.2 Å². The molecular formula is C11H10F3NOS. The first-order valence-corrected chi connectivity index (χ1v) is 5.72. The highest BCUT2D eigenvalue weighted by Gasteiger charge is 2.36. The van der Waals surface area contributed by atoms with E-state index in [1.54, 1.807) is 13.0 Å². The zero-order valence-electron chi connectivity index (χ0n) is 9.47. The summed E-state index contributed by atoms with van der Waals surface area (Å²) in [5, 5.41) is 0. The zero-order valence-corrected chi connectivity index (χ0v) is 10.3. The second-order valence-electron chi connectivity index (χ2n) is 3.93. The number of aryl methyl sites for hydroxylation is 2. The summed E-state index contributed by atoms with van der Waals surface area (Å²) in [6.45, 7) is 2.99. The molecule has 0 aliphatic carbocycles. The van der Waals surface area contributed by atoms with Crippen LogP contribution < -0.4 is 5.43 Å². The van der Waals surface area contributed by atoms with Crippen molar-refractivity contribution in [1.29, 1.82) is 0 Å². The topological polar surface area (TPSA) is 22.0 Å². The van der Waals surface area contributed by atoms with E-state index < -0.39 is 17.3 Å². The van der Waals surface area contributed by atoms with Crippen molar-refractivity contribution in [3.05, 3.63) is 32.4 Å². The van der Waals surface area contributed by atoms with E-state index in [4.69, 9.17) is 0 Å². The van der Waals surface area contributed by atoms with Crippen molar-refractivity contribution in [2.45, 2.75) is 20.0 Å². The van der Waals surface area contributed by atoms with Crippen LogP contribution in [0.1, 0.15) is 16.1 Å². The summed E-state index contributed by atoms with van der Waals surface area (Å²) in [6, 6.07) is 1.61. The van der Waals surface area contributed by atoms with Gasteiger partial charge in [-0.2, -0.15) is 13.2 Å². The van der Waals surface area contributed by atoms with E-state index in [1.165, 1.54) is 25.3 Å². The van der Waals surface area contributed by atoms with Gasteiger partial charge in [0.2, 0.25) is 5.43 Å². The number of pyridine rings is 1. The van der Waals surface area contributed by atoms with Crippen molar-refractivity contribution in [2.24, 2.45) is 7.05 Å². The number of hydrogen-bond acceptors (Lipinski definition) is 2. The van der Waals surface area contributed by atoms with Gasteiger partial charge in [-0.05, 0) is 19.9 Å². The summed E-state index contributed by atoms with van der Waals surface area (Å²) < 4.78 is 40.0. The van der Waals surface area contributed by atoms with E-state index in [-0.39, 0.29) is 5.56 Å². The Hall–Kier alpha value is -1.30. The summed E-state index contributed by atoms with van der Waals surface area (Å²) in [6.07, 6.45) is -4.51. The lowest BCUT2D eigenvalue weighted by atomic mass is 10.1. The molecule has 92 valence electrons. The van der Waals surface area contributed by atoms with Gasteiger partial charge in [0.15, 0.2) is 0 Å². The van der Waals surface area contributed by atoms with E-state index in [0.717, 1.165) is 9.44 Å². The number of aromatic nitrogens is 1. The maximum absolute atomic E-state index is 12.9. The third kappa shape index (κ3) is 1.76. The Bertz CT molecular complexity index is 651. The fourth-order valence-electron chi connectivity index (χ4n) is 1.97. The van der Waals surface area contributed by atoms with Gasteiger partial charge in [-0.25, -0.2) is 0 Å². The molecule has 0 saturated carbocycles. The average molecular weight is 261 g/mol. The monoisotopic (exact) mass is 261 g/mol. The van der Waals surface area contributed by atoms with Crippen molar-refractivity contribution in [3.63, 3.8) is 0 Å². The van der Waals surface area contributed by atoms with Gasteiger partial charge in [-0.3, -0.25) is 4.79 Å². The molecule has 0 amide bonds. The van der Waals surface area contributed by atoms with Gasteiger partial charge in [0.05, 0.1) is 10.2 Å². The number of rotatable bonds is 0. The highest BCUT2D eigenvalue weighted by atomic mass is 32.1. The first-order valence-electron chi connectivity index (χ1n) is 4.90. The molecular weight excluding hydrogens is 251 g/mol. The van der Waals surface area contributed by atoms with E-state index >= 15 is 0 Å². The number of alkyl halides is 3. The molecule has 17 heavy (non-hydrogen) atoms. The van der Waals surface area contributed by atoms with Crippen LogP contribution in [-0.2, 0) is 13.2 Å². The number of halogens is 3. The SMILES string of the molecule is Cc1cc2c(s1)c(=O)c(C)c(C(F)(F)F)n2C. The Balaban J connectivity index is 3.01. The highest BCUT2D eigenvalue weighted by molar-refractivity contribution is 7.18. The first kappa shape index (κ1) is 12.2. The maximum atomic E-state index is 12.9. The molecule has 0 fully saturated rings. The summed E-state index contributed by atoms with van der Waals surface area (Å²) in [7, 11) is 1.34. The smallest absolute Gasteiger partial charge is 0.339 e. The summed E-state index contributed by atoms with van der Waals surface area (Å²) in [4.78, 5) is 12.7. The van der Waals surface area contributed by atoms with Crippen LogP contribution in [0.2, 0.25) is 0 Å². The van der Waals surface area contributed by atoms with Gasteiger partial charge in [0.25, 0.3) is 0 Å². The van der Waals surface area contributed by atoms with Crippen LogP contribution in [0.25, 0.3) is 10.2 Å². The normalized spacial score (nSPS) is 12.4. The van der Waals surface area contributed by atoms with Gasteiger partial charge in [0.1, 0.15) is 5.69 Å². The molecule has 0 unspecified atom stereocenters. The van der Waals surface area contributed by atoms with Gasteiger partial charge >= 0.3 is 6.18 Å². The largest absolute Gasteiger partial charge is 0.431 e. The molecule has 0 saturated heterocycles. The Morgan fingerprint density at radius 3 is 2.41 bits per heavy atom. The van der Waals surface area contributed by atoms with E-state index in [1.807, 2.05) is 0 Å². The van der Waals surface area contributed by atoms with Crippen molar-refractivity contribution in [2.75, 3.05) is 0 Å². The minimum atomic E-state index is -4.51. The number of thiophene rings is 1. The van der Waals surface area contributed by atoms with Crippen LogP contribution in [0.3, 0.4) is 0 Å². The van der Waals surface area contributed by atoms with Crippen molar-refractivity contribution in [1.82, 2.24) is 4.57 Å². The van der Waals surface area contributed by atoms with Crippen LogP contribution in [0.15, 0.2) is 10.9 Å². The predicted octanol–water partition coefficient (Wildman–Crippen LogP) is 3.24. The fraction of sp³-hybridized carbons (Fsp3) is 0.364. The first-order chi connectivity index (χ1) is 7.73. The second-order valence-corrected chi connectivity index (χ2v) is 5.19. The molecule has 2 rings (SSSR count). The van der Waals surface area contributed by atoms with Crippen molar-refractivity contribution < 1.29 is 13.2 Å². The number of nitrogens with zero attached hydrogens (tertiary/aromatic N) is 1. The Labute approximate surface area is 99.3 Å². The molecule has 0 radical (unpaired) electrons. The molecule has 0 spiro atoms. The van der Waals surface area contributed by atoms with Crippen LogP contribution >= 0.6 is 11.3 Å². The fourth-order valence-corrected chi connectivity index (χ4v) is 3.00. The molecule has 2 aromatic heterocycles. The van der Waals surface area contributed by atoms with Crippen molar-refractivity contribution >= 4 is 21.6 Å². The molecule has 0 bridgehead atoms. The van der Waals surface area contributed by atoms with Crippen LogP contribution in [0, 0.1) is 13.8 Å². The number of hydrogen-bond donors (Lipinski definition) is 0. The Morgan fingerprint density at radius 2 is 1.88 bits per heavy atom. The summed E-state index contributed by atoms with van der Waals surface area (Å²) in [5.74, 6) is 0. The second kappa shape index (κ2) is 3.60. The van der Waals surface area contributed by atoms with Gasteiger partial charge in [-0.15, -0.1) is 11.3 Å². The Kier molecular flexibility index (Phi) is 2.57. The van der Waals surface area contributed by atoms with Gasteiger partial charge < -0.3 is 4.57 Å². The highest BCUT2D eigenvalue weighted by Crippen LogP contribution is 2.33. The third-order valence-electron chi connectivity index (χ3n) is 2.70. The summed E-state index contributed by atoms with van der Waals surface area (Å²) in [5.41, 5.74) is -1.29. The average Bonchev–Trinajstić information content (AvgIpc) is 2.55. The third-order valence-corrected chi connectivity index (χ3v) is 3.74. The molecule has 6 heteroatoms. The Morgan fingerprint density at radius 1 is 1.29 bits per heavy atom. The molecule has 2 nitrogen and oxygen atoms in total. The van der Waals surface area contributed by atoms with E-state index in [9.17, 15) is 18.0 Å². The minimum absolute atomic E-state index is 0.241. The molecule has 0 aromatic carbocycles. The standard InChI is InChI=1S/C11H10F3NOS/c1-5-4-7-9(17-5)8(16)6(2)10(15(7)3)11(12,13)14/h4H,1-3H3. The summed E-state index contributed by atoms with van der Waals surface area (Å²) >= 11 is 1.23. The molecule has 0 atom stereocenters. The molecule has 0 aliphatic rings. The van der Waals surface area contributed by atoms with E-state index in [2.05, 4.69) is 0 Å². The molecule has 2 aromatic rings. The lowest BCUT2D eigenvalue weighted by Gasteiger charge is -2.15. The zero-order chi connectivity index (χ0) is 13.0. The van der Waals surface area contributed by atoms with Crippen LogP contribution in [-0.4, -0.2) is 4.57 Å². The molecule has 2 heterocycles. The maximum Gasteiger partial charge on any atom is 0.431 e. The van der Waals surface area contributed by atoms with Gasteiger partial charge in [0, 0.05) is 17.5 Å². The van der Waals surface area contributed by atoms with Crippen molar-refractivity contribution in [3.8, 4) is 0 Å². The van der Waals surface area contributed by atoms with E-state index in [0.29, 0.717) is 10.2 Å². The molecule has 0 aliphatic heterocycles. The van der Waals surface area contributed by atoms with Crippen LogP contribution in [0.5, 0.6) is 0 Å². The minimum Gasteiger partial charge on any atom is -0.339 e.